The molecule has 1 aromatic rings. The van der Waals surface area contributed by atoms with Crippen LogP contribution in [0.15, 0.2) is 24.3 Å². The van der Waals surface area contributed by atoms with Gasteiger partial charge in [-0.2, -0.15) is 4.31 Å². The van der Waals surface area contributed by atoms with Gasteiger partial charge in [0, 0.05) is 18.7 Å². The van der Waals surface area contributed by atoms with Crippen molar-refractivity contribution in [2.75, 3.05) is 19.8 Å². The van der Waals surface area contributed by atoms with Crippen molar-refractivity contribution in [3.05, 3.63) is 39.9 Å². The third-order valence-corrected chi connectivity index (χ3v) is 6.04. The van der Waals surface area contributed by atoms with E-state index in [2.05, 4.69) is 0 Å². The van der Waals surface area contributed by atoms with E-state index in [1.54, 1.807) is 0 Å². The number of nitrogens with zero attached hydrogens (tertiary/aromatic N) is 2. The van der Waals surface area contributed by atoms with Crippen molar-refractivity contribution < 1.29 is 18.1 Å². The molecule has 0 aromatic heterocycles. The highest BCUT2D eigenvalue weighted by atomic mass is 32.2. The summed E-state index contributed by atoms with van der Waals surface area (Å²) in [4.78, 5) is 10.1. The molecule has 1 atom stereocenters. The number of benzene rings is 1. The Bertz CT molecular complexity index is 644. The fourth-order valence-electron chi connectivity index (χ4n) is 2.54. The molecule has 0 radical (unpaired) electrons. The first-order valence-corrected chi connectivity index (χ1v) is 8.71. The van der Waals surface area contributed by atoms with Crippen LogP contribution in [-0.2, 0) is 20.5 Å². The second-order valence-corrected chi connectivity index (χ2v) is 7.55. The van der Waals surface area contributed by atoms with Crippen LogP contribution in [0.25, 0.3) is 0 Å². The van der Waals surface area contributed by atoms with Crippen LogP contribution in [-0.4, -0.2) is 42.9 Å². The number of ether oxygens (including phenoxy) is 1. The van der Waals surface area contributed by atoms with E-state index >= 15 is 0 Å². The number of hydrogen-bond donors (Lipinski definition) is 0. The fraction of sp³-hybridized carbons (Fsp3) is 0.571. The summed E-state index contributed by atoms with van der Waals surface area (Å²) in [5.41, 5.74) is -0.0563. The molecule has 0 amide bonds. The Hall–Kier alpha value is -1.51. The van der Waals surface area contributed by atoms with Crippen LogP contribution < -0.4 is 0 Å². The van der Waals surface area contributed by atoms with Gasteiger partial charge in [-0.15, -0.1) is 0 Å². The molecule has 122 valence electrons. The summed E-state index contributed by atoms with van der Waals surface area (Å²) in [7, 11) is -3.51. The second-order valence-electron chi connectivity index (χ2n) is 5.65. The lowest BCUT2D eigenvalue weighted by molar-refractivity contribution is -0.384. The zero-order valence-corrected chi connectivity index (χ0v) is 13.5. The maximum atomic E-state index is 12.7. The van der Waals surface area contributed by atoms with Gasteiger partial charge in [-0.1, -0.05) is 19.1 Å². The maximum Gasteiger partial charge on any atom is 0.269 e. The van der Waals surface area contributed by atoms with Crippen molar-refractivity contribution in [1.29, 1.82) is 0 Å². The molecule has 1 aliphatic rings. The van der Waals surface area contributed by atoms with Crippen LogP contribution in [0.3, 0.4) is 0 Å². The van der Waals surface area contributed by atoms with Gasteiger partial charge in [-0.25, -0.2) is 8.42 Å². The van der Waals surface area contributed by atoms with Gasteiger partial charge >= 0.3 is 0 Å². The third kappa shape index (κ3) is 3.45. The van der Waals surface area contributed by atoms with E-state index in [0.29, 0.717) is 31.7 Å². The highest BCUT2D eigenvalue weighted by Crippen LogP contribution is 2.28. The van der Waals surface area contributed by atoms with Crippen LogP contribution in [0, 0.1) is 10.1 Å². The molecule has 2 rings (SSSR count). The number of rotatable bonds is 5. The first-order chi connectivity index (χ1) is 10.3. The third-order valence-electron chi connectivity index (χ3n) is 4.05. The predicted octanol–water partition coefficient (Wildman–Crippen LogP) is 1.93. The molecule has 0 bridgehead atoms. The van der Waals surface area contributed by atoms with E-state index < -0.39 is 20.5 Å². The molecule has 0 aliphatic carbocycles. The summed E-state index contributed by atoms with van der Waals surface area (Å²) in [5, 5.41) is 10.6. The predicted molar refractivity (Wildman–Crippen MR) is 81.9 cm³/mol. The summed E-state index contributed by atoms with van der Waals surface area (Å²) < 4.78 is 32.3. The average Bonchev–Trinajstić information content (AvgIpc) is 2.47. The van der Waals surface area contributed by atoms with Crippen molar-refractivity contribution in [2.45, 2.75) is 31.6 Å². The second kappa shape index (κ2) is 6.31. The highest BCUT2D eigenvalue weighted by molar-refractivity contribution is 7.88. The molecule has 1 fully saturated rings. The van der Waals surface area contributed by atoms with Gasteiger partial charge in [0.05, 0.1) is 29.4 Å². The van der Waals surface area contributed by atoms with Gasteiger partial charge < -0.3 is 4.74 Å². The Morgan fingerprint density at radius 3 is 2.55 bits per heavy atom. The summed E-state index contributed by atoms with van der Waals surface area (Å²) in [5.74, 6) is -0.166. The molecule has 0 unspecified atom stereocenters. The van der Waals surface area contributed by atoms with Crippen LogP contribution in [0.5, 0.6) is 0 Å². The van der Waals surface area contributed by atoms with Crippen LogP contribution in [0.4, 0.5) is 5.69 Å². The van der Waals surface area contributed by atoms with Gasteiger partial charge in [0.15, 0.2) is 0 Å². The van der Waals surface area contributed by atoms with E-state index in [9.17, 15) is 18.5 Å². The zero-order valence-electron chi connectivity index (χ0n) is 12.7. The molecule has 0 spiro atoms. The lowest BCUT2D eigenvalue weighted by Gasteiger charge is -2.42. The number of non-ortho nitro benzene ring substituents is 1. The van der Waals surface area contributed by atoms with Crippen LogP contribution >= 0.6 is 0 Å². The van der Waals surface area contributed by atoms with Gasteiger partial charge in [-0.3, -0.25) is 10.1 Å². The molecule has 1 aliphatic heterocycles. The Labute approximate surface area is 130 Å². The lowest BCUT2D eigenvalue weighted by atomic mass is 9.99. The number of nitro groups is 1. The van der Waals surface area contributed by atoms with E-state index in [4.69, 9.17) is 4.74 Å². The van der Waals surface area contributed by atoms with Crippen molar-refractivity contribution in [1.82, 2.24) is 4.31 Å². The number of hydrogen-bond acceptors (Lipinski definition) is 5. The molecule has 1 aromatic carbocycles. The van der Waals surface area contributed by atoms with Gasteiger partial charge in [0.25, 0.3) is 5.69 Å². The largest absolute Gasteiger partial charge is 0.378 e. The zero-order chi connectivity index (χ0) is 16.4. The Morgan fingerprint density at radius 1 is 1.36 bits per heavy atom. The molecule has 0 saturated carbocycles. The normalized spacial score (nSPS) is 23.4. The Kier molecular flexibility index (Phi) is 4.84. The van der Waals surface area contributed by atoms with E-state index in [1.165, 1.54) is 28.6 Å². The van der Waals surface area contributed by atoms with Gasteiger partial charge in [-0.05, 0) is 18.9 Å². The van der Waals surface area contributed by atoms with Crippen molar-refractivity contribution in [2.24, 2.45) is 0 Å². The molecular weight excluding hydrogens is 308 g/mol. The van der Waals surface area contributed by atoms with Gasteiger partial charge in [0.2, 0.25) is 10.0 Å². The summed E-state index contributed by atoms with van der Waals surface area (Å²) in [6.07, 6.45) is 0.659. The maximum absolute atomic E-state index is 12.7. The molecular formula is C14H20N2O5S. The number of sulfonamides is 1. The highest BCUT2D eigenvalue weighted by Gasteiger charge is 2.41. The molecule has 22 heavy (non-hydrogen) atoms. The molecule has 8 heteroatoms. The standard InChI is InChI=1S/C14H20N2O5S/c1-3-14(2)11-21-9-8-15(14)22(19,20)10-12-4-6-13(7-5-12)16(17)18/h4-7H,3,8-11H2,1-2H3/t14-/m0/s1. The van der Waals surface area contributed by atoms with Crippen LogP contribution in [0.2, 0.25) is 0 Å². The topological polar surface area (TPSA) is 89.8 Å². The minimum atomic E-state index is -3.51. The first-order valence-electron chi connectivity index (χ1n) is 7.10. The summed E-state index contributed by atoms with van der Waals surface area (Å²) in [6.45, 7) is 4.90. The smallest absolute Gasteiger partial charge is 0.269 e. The Morgan fingerprint density at radius 2 is 2.00 bits per heavy atom. The van der Waals surface area contributed by atoms with Crippen molar-refractivity contribution in [3.63, 3.8) is 0 Å². The number of morpholine rings is 1. The monoisotopic (exact) mass is 328 g/mol. The number of nitro benzene ring substituents is 1. The molecule has 1 heterocycles. The van der Waals surface area contributed by atoms with E-state index in [0.717, 1.165) is 0 Å². The van der Waals surface area contributed by atoms with E-state index in [1.807, 2.05) is 13.8 Å². The minimum absolute atomic E-state index is 0.0501. The molecule has 0 N–H and O–H groups in total. The first kappa shape index (κ1) is 16.9. The average molecular weight is 328 g/mol. The molecule has 1 saturated heterocycles. The van der Waals surface area contributed by atoms with Crippen molar-refractivity contribution >= 4 is 15.7 Å². The quantitative estimate of drug-likeness (QED) is 0.608. The van der Waals surface area contributed by atoms with E-state index in [-0.39, 0.29) is 11.4 Å². The molecule has 7 nitrogen and oxygen atoms in total. The SMILES string of the molecule is CC[C@@]1(C)COCCN1S(=O)(=O)Cc1ccc([N+](=O)[O-])cc1. The Balaban J connectivity index is 2.21. The van der Waals surface area contributed by atoms with Gasteiger partial charge in [0.1, 0.15) is 0 Å². The minimum Gasteiger partial charge on any atom is -0.378 e. The lowest BCUT2D eigenvalue weighted by Crippen LogP contribution is -2.57. The fourth-order valence-corrected chi connectivity index (χ4v) is 4.51. The van der Waals surface area contributed by atoms with Crippen LogP contribution in [0.1, 0.15) is 25.8 Å². The summed E-state index contributed by atoms with van der Waals surface area (Å²) >= 11 is 0. The summed E-state index contributed by atoms with van der Waals surface area (Å²) in [6, 6.07) is 5.62. The van der Waals surface area contributed by atoms with Crippen molar-refractivity contribution in [3.8, 4) is 0 Å².